The zero-order valence-electron chi connectivity index (χ0n) is 6.14. The van der Waals surface area contributed by atoms with Crippen molar-refractivity contribution >= 4 is 0 Å². The molecule has 0 unspecified atom stereocenters. The van der Waals surface area contributed by atoms with Gasteiger partial charge in [0, 0.05) is 19.1 Å². The maximum absolute atomic E-state index is 9.22. The van der Waals surface area contributed by atoms with Crippen LogP contribution in [0.2, 0.25) is 0 Å². The molecular formula is C6H14N2O3. The van der Waals surface area contributed by atoms with Gasteiger partial charge in [-0.3, -0.25) is 0 Å². The molecule has 4 atom stereocenters. The molecule has 0 saturated carbocycles. The van der Waals surface area contributed by atoms with Crippen LogP contribution >= 0.6 is 0 Å². The molecule has 0 aromatic heterocycles. The van der Waals surface area contributed by atoms with Gasteiger partial charge in [-0.1, -0.05) is 0 Å². The zero-order chi connectivity index (χ0) is 8.43. The lowest BCUT2D eigenvalue weighted by molar-refractivity contribution is -0.0556. The Morgan fingerprint density at radius 2 is 1.73 bits per heavy atom. The first-order valence-electron chi connectivity index (χ1n) is 3.63. The van der Waals surface area contributed by atoms with Crippen molar-refractivity contribution in [3.8, 4) is 0 Å². The topological polar surface area (TPSA) is 98.7 Å². The number of nitrogens with two attached hydrogens (primary N) is 1. The second-order valence-electron chi connectivity index (χ2n) is 2.87. The van der Waals surface area contributed by atoms with E-state index >= 15 is 0 Å². The molecule has 11 heavy (non-hydrogen) atoms. The molecule has 0 aromatic carbocycles. The monoisotopic (exact) mass is 162 g/mol. The second-order valence-corrected chi connectivity index (χ2v) is 2.87. The minimum absolute atomic E-state index is 0.270. The van der Waals surface area contributed by atoms with Crippen LogP contribution in [-0.4, -0.2) is 52.8 Å². The average molecular weight is 162 g/mol. The number of nitrogens with one attached hydrogen (secondary N) is 1. The highest BCUT2D eigenvalue weighted by molar-refractivity contribution is 4.89. The van der Waals surface area contributed by atoms with Crippen LogP contribution in [0.4, 0.5) is 0 Å². The third kappa shape index (κ3) is 1.88. The number of β-amino-alcohol motifs (C(OH)–C–C–N with tert-alkyl or cyclic N) is 1. The molecule has 0 bridgehead atoms. The van der Waals surface area contributed by atoms with E-state index in [0.717, 1.165) is 0 Å². The maximum Gasteiger partial charge on any atom is 0.109 e. The van der Waals surface area contributed by atoms with Crippen LogP contribution in [0.15, 0.2) is 0 Å². The molecule has 1 saturated heterocycles. The van der Waals surface area contributed by atoms with Crippen LogP contribution in [-0.2, 0) is 0 Å². The molecule has 0 spiro atoms. The molecule has 5 nitrogen and oxygen atoms in total. The summed E-state index contributed by atoms with van der Waals surface area (Å²) in [6.45, 7) is 0.682. The van der Waals surface area contributed by atoms with Crippen LogP contribution in [0.5, 0.6) is 0 Å². The highest BCUT2D eigenvalue weighted by atomic mass is 16.4. The van der Waals surface area contributed by atoms with Gasteiger partial charge in [0.25, 0.3) is 0 Å². The molecule has 1 aliphatic rings. The first kappa shape index (κ1) is 8.89. The SMILES string of the molecule is N[C@H]1CNC[C@@H](O)[C@@H](O)[C@@H]1O. The van der Waals surface area contributed by atoms with E-state index in [2.05, 4.69) is 5.32 Å². The van der Waals surface area contributed by atoms with Crippen LogP contribution < -0.4 is 11.1 Å². The van der Waals surface area contributed by atoms with Crippen molar-refractivity contribution in [3.63, 3.8) is 0 Å². The molecular weight excluding hydrogens is 148 g/mol. The Morgan fingerprint density at radius 1 is 1.09 bits per heavy atom. The van der Waals surface area contributed by atoms with Crippen molar-refractivity contribution in [1.82, 2.24) is 5.32 Å². The number of aliphatic hydroxyl groups is 3. The molecule has 0 amide bonds. The van der Waals surface area contributed by atoms with Crippen molar-refractivity contribution in [2.24, 2.45) is 5.73 Å². The van der Waals surface area contributed by atoms with Gasteiger partial charge in [0.2, 0.25) is 0 Å². The molecule has 0 radical (unpaired) electrons. The first-order chi connectivity index (χ1) is 5.13. The first-order valence-corrected chi connectivity index (χ1v) is 3.63. The van der Waals surface area contributed by atoms with E-state index < -0.39 is 24.4 Å². The fourth-order valence-corrected chi connectivity index (χ4v) is 1.12. The third-order valence-corrected chi connectivity index (χ3v) is 1.92. The van der Waals surface area contributed by atoms with Gasteiger partial charge in [-0.25, -0.2) is 0 Å². The summed E-state index contributed by atoms with van der Waals surface area (Å²) in [7, 11) is 0. The van der Waals surface area contributed by atoms with Gasteiger partial charge < -0.3 is 26.4 Å². The Bertz CT molecular complexity index is 119. The summed E-state index contributed by atoms with van der Waals surface area (Å²) < 4.78 is 0. The minimum Gasteiger partial charge on any atom is -0.389 e. The Labute approximate surface area is 64.8 Å². The van der Waals surface area contributed by atoms with Gasteiger partial charge in [0.15, 0.2) is 0 Å². The maximum atomic E-state index is 9.22. The van der Waals surface area contributed by atoms with E-state index in [1.807, 2.05) is 0 Å². The summed E-state index contributed by atoms with van der Waals surface area (Å²) in [6.07, 6.45) is -3.11. The van der Waals surface area contributed by atoms with Crippen molar-refractivity contribution < 1.29 is 15.3 Å². The summed E-state index contributed by atoms with van der Waals surface area (Å²) in [5.74, 6) is 0. The largest absolute Gasteiger partial charge is 0.389 e. The van der Waals surface area contributed by atoms with Gasteiger partial charge in [-0.2, -0.15) is 0 Å². The summed E-state index contributed by atoms with van der Waals surface area (Å²) in [5.41, 5.74) is 5.45. The van der Waals surface area contributed by atoms with Gasteiger partial charge in [0.1, 0.15) is 6.10 Å². The number of aliphatic hydroxyl groups excluding tert-OH is 3. The Morgan fingerprint density at radius 3 is 2.36 bits per heavy atom. The number of hydrogen-bond donors (Lipinski definition) is 5. The predicted octanol–water partition coefficient (Wildman–Crippen LogP) is -3.00. The Balaban J connectivity index is 2.58. The molecule has 5 heteroatoms. The molecule has 0 aliphatic carbocycles. The molecule has 66 valence electrons. The molecule has 1 rings (SSSR count). The molecule has 1 heterocycles. The standard InChI is InChI=1S/C6H14N2O3/c7-3-1-8-2-4(9)6(11)5(3)10/h3-6,8-11H,1-2,7H2/t3-,4+,5+,6+/m0/s1. The normalized spacial score (nSPS) is 46.9. The highest BCUT2D eigenvalue weighted by Crippen LogP contribution is 2.05. The van der Waals surface area contributed by atoms with Crippen LogP contribution in [0.3, 0.4) is 0 Å². The summed E-state index contributed by atoms with van der Waals surface area (Å²) in [6, 6.07) is -0.512. The van der Waals surface area contributed by atoms with Gasteiger partial charge in [0.05, 0.1) is 12.2 Å². The van der Waals surface area contributed by atoms with E-state index in [1.54, 1.807) is 0 Å². The van der Waals surface area contributed by atoms with Gasteiger partial charge in [-0.15, -0.1) is 0 Å². The minimum atomic E-state index is -1.14. The van der Waals surface area contributed by atoms with E-state index in [-0.39, 0.29) is 6.54 Å². The van der Waals surface area contributed by atoms with Crippen LogP contribution in [0, 0.1) is 0 Å². The lowest BCUT2D eigenvalue weighted by Gasteiger charge is -2.21. The predicted molar refractivity (Wildman–Crippen MR) is 38.9 cm³/mol. The lowest BCUT2D eigenvalue weighted by atomic mass is 10.0. The van der Waals surface area contributed by atoms with E-state index in [1.165, 1.54) is 0 Å². The number of hydrogen-bond acceptors (Lipinski definition) is 5. The Hall–Kier alpha value is -0.200. The summed E-state index contributed by atoms with van der Waals surface area (Å²) in [4.78, 5) is 0. The second kappa shape index (κ2) is 3.46. The zero-order valence-corrected chi connectivity index (χ0v) is 6.14. The highest BCUT2D eigenvalue weighted by Gasteiger charge is 2.31. The number of rotatable bonds is 0. The fourth-order valence-electron chi connectivity index (χ4n) is 1.12. The van der Waals surface area contributed by atoms with E-state index in [4.69, 9.17) is 10.8 Å². The summed E-state index contributed by atoms with van der Waals surface area (Å²) in [5, 5.41) is 30.3. The third-order valence-electron chi connectivity index (χ3n) is 1.92. The van der Waals surface area contributed by atoms with Crippen molar-refractivity contribution in [2.75, 3.05) is 13.1 Å². The van der Waals surface area contributed by atoms with Crippen molar-refractivity contribution in [2.45, 2.75) is 24.4 Å². The lowest BCUT2D eigenvalue weighted by Crippen LogP contribution is -2.47. The fraction of sp³-hybridized carbons (Fsp3) is 1.00. The quantitative estimate of drug-likeness (QED) is 0.261. The van der Waals surface area contributed by atoms with Crippen molar-refractivity contribution in [3.05, 3.63) is 0 Å². The van der Waals surface area contributed by atoms with E-state index in [9.17, 15) is 10.2 Å². The molecule has 6 N–H and O–H groups in total. The van der Waals surface area contributed by atoms with Crippen molar-refractivity contribution in [1.29, 1.82) is 0 Å². The van der Waals surface area contributed by atoms with E-state index in [0.29, 0.717) is 6.54 Å². The summed E-state index contributed by atoms with van der Waals surface area (Å²) >= 11 is 0. The molecule has 1 fully saturated rings. The Kier molecular flexibility index (Phi) is 2.80. The molecule has 1 aliphatic heterocycles. The van der Waals surface area contributed by atoms with Crippen LogP contribution in [0.25, 0.3) is 0 Å². The van der Waals surface area contributed by atoms with Crippen LogP contribution in [0.1, 0.15) is 0 Å². The van der Waals surface area contributed by atoms with Gasteiger partial charge >= 0.3 is 0 Å². The smallest absolute Gasteiger partial charge is 0.109 e. The molecule has 0 aromatic rings. The van der Waals surface area contributed by atoms with Gasteiger partial charge in [-0.05, 0) is 0 Å². The average Bonchev–Trinajstić information content (AvgIpc) is 2.07.